The van der Waals surface area contributed by atoms with Gasteiger partial charge in [-0.15, -0.1) is 0 Å². The SMILES string of the molecule is CCC(CCO)NCc1c(C)nc2ccccn12. The summed E-state index contributed by atoms with van der Waals surface area (Å²) in [4.78, 5) is 4.54. The van der Waals surface area contributed by atoms with Crippen molar-refractivity contribution in [1.29, 1.82) is 0 Å². The molecule has 98 valence electrons. The molecule has 2 rings (SSSR count). The van der Waals surface area contributed by atoms with Crippen LogP contribution in [0.2, 0.25) is 0 Å². The summed E-state index contributed by atoms with van der Waals surface area (Å²) in [5.74, 6) is 0. The zero-order valence-electron chi connectivity index (χ0n) is 11.1. The van der Waals surface area contributed by atoms with Gasteiger partial charge in [0, 0.05) is 25.4 Å². The molecule has 0 spiro atoms. The number of aliphatic hydroxyl groups excluding tert-OH is 1. The summed E-state index contributed by atoms with van der Waals surface area (Å²) in [7, 11) is 0. The number of fused-ring (bicyclic) bond motifs is 1. The summed E-state index contributed by atoms with van der Waals surface area (Å²) in [6.45, 7) is 5.19. The Balaban J connectivity index is 2.13. The van der Waals surface area contributed by atoms with Crippen molar-refractivity contribution in [2.45, 2.75) is 39.3 Å². The van der Waals surface area contributed by atoms with Crippen LogP contribution in [0.3, 0.4) is 0 Å². The van der Waals surface area contributed by atoms with E-state index < -0.39 is 0 Å². The maximum absolute atomic E-state index is 8.99. The minimum atomic E-state index is 0.234. The number of nitrogens with one attached hydrogen (secondary N) is 1. The minimum absolute atomic E-state index is 0.234. The van der Waals surface area contributed by atoms with E-state index in [0.717, 1.165) is 30.7 Å². The van der Waals surface area contributed by atoms with Crippen LogP contribution >= 0.6 is 0 Å². The van der Waals surface area contributed by atoms with E-state index in [4.69, 9.17) is 5.11 Å². The van der Waals surface area contributed by atoms with Crippen LogP contribution in [-0.2, 0) is 6.54 Å². The molecule has 1 unspecified atom stereocenters. The van der Waals surface area contributed by atoms with E-state index in [1.165, 1.54) is 5.69 Å². The first kappa shape index (κ1) is 13.1. The Kier molecular flexibility index (Phi) is 4.33. The van der Waals surface area contributed by atoms with Crippen molar-refractivity contribution in [2.75, 3.05) is 6.61 Å². The van der Waals surface area contributed by atoms with E-state index in [1.54, 1.807) is 0 Å². The molecule has 2 heterocycles. The van der Waals surface area contributed by atoms with Crippen molar-refractivity contribution in [1.82, 2.24) is 14.7 Å². The smallest absolute Gasteiger partial charge is 0.137 e. The Morgan fingerprint density at radius 2 is 2.28 bits per heavy atom. The van der Waals surface area contributed by atoms with Crippen LogP contribution in [0.4, 0.5) is 0 Å². The highest BCUT2D eigenvalue weighted by Gasteiger charge is 2.10. The molecule has 0 radical (unpaired) electrons. The Morgan fingerprint density at radius 3 is 3.00 bits per heavy atom. The molecule has 1 atom stereocenters. The number of nitrogens with zero attached hydrogens (tertiary/aromatic N) is 2. The first-order valence-corrected chi connectivity index (χ1v) is 6.53. The zero-order valence-corrected chi connectivity index (χ0v) is 11.1. The molecular weight excluding hydrogens is 226 g/mol. The fourth-order valence-corrected chi connectivity index (χ4v) is 2.22. The van der Waals surface area contributed by atoms with E-state index in [-0.39, 0.29) is 6.61 Å². The van der Waals surface area contributed by atoms with Gasteiger partial charge in [0.05, 0.1) is 11.4 Å². The van der Waals surface area contributed by atoms with Gasteiger partial charge in [-0.25, -0.2) is 4.98 Å². The van der Waals surface area contributed by atoms with Gasteiger partial charge in [0.25, 0.3) is 0 Å². The maximum atomic E-state index is 8.99. The number of rotatable bonds is 6. The molecule has 0 bridgehead atoms. The second-order valence-corrected chi connectivity index (χ2v) is 4.57. The topological polar surface area (TPSA) is 49.6 Å². The highest BCUT2D eigenvalue weighted by molar-refractivity contribution is 5.42. The van der Waals surface area contributed by atoms with Crippen molar-refractivity contribution in [3.8, 4) is 0 Å². The summed E-state index contributed by atoms with van der Waals surface area (Å²) in [6, 6.07) is 6.40. The second-order valence-electron chi connectivity index (χ2n) is 4.57. The summed E-state index contributed by atoms with van der Waals surface area (Å²) in [6.07, 6.45) is 3.86. The summed E-state index contributed by atoms with van der Waals surface area (Å²) in [5, 5.41) is 12.5. The highest BCUT2D eigenvalue weighted by atomic mass is 16.3. The van der Waals surface area contributed by atoms with Gasteiger partial charge in [0.15, 0.2) is 0 Å². The fraction of sp³-hybridized carbons (Fsp3) is 0.500. The monoisotopic (exact) mass is 247 g/mol. The van der Waals surface area contributed by atoms with Crippen molar-refractivity contribution >= 4 is 5.65 Å². The number of aromatic nitrogens is 2. The molecule has 2 N–H and O–H groups in total. The zero-order chi connectivity index (χ0) is 13.0. The van der Waals surface area contributed by atoms with Gasteiger partial charge in [-0.1, -0.05) is 13.0 Å². The lowest BCUT2D eigenvalue weighted by Crippen LogP contribution is -2.29. The third-order valence-electron chi connectivity index (χ3n) is 3.36. The van der Waals surface area contributed by atoms with Crippen LogP contribution in [0.5, 0.6) is 0 Å². The first-order valence-electron chi connectivity index (χ1n) is 6.53. The lowest BCUT2D eigenvalue weighted by Gasteiger charge is -2.15. The van der Waals surface area contributed by atoms with Crippen molar-refractivity contribution in [2.24, 2.45) is 0 Å². The second kappa shape index (κ2) is 5.98. The van der Waals surface area contributed by atoms with Crippen molar-refractivity contribution < 1.29 is 5.11 Å². The number of hydrogen-bond acceptors (Lipinski definition) is 3. The fourth-order valence-electron chi connectivity index (χ4n) is 2.22. The molecule has 0 aliphatic rings. The standard InChI is InChI=1S/C14H21N3O/c1-3-12(7-9-18)15-10-13-11(2)16-14-6-4-5-8-17(13)14/h4-6,8,12,15,18H,3,7,9-10H2,1-2H3. The third-order valence-corrected chi connectivity index (χ3v) is 3.36. The molecular formula is C14H21N3O. The quantitative estimate of drug-likeness (QED) is 0.819. The third kappa shape index (κ3) is 2.71. The van der Waals surface area contributed by atoms with Crippen LogP contribution in [0, 0.1) is 6.92 Å². The highest BCUT2D eigenvalue weighted by Crippen LogP contribution is 2.12. The van der Waals surface area contributed by atoms with Crippen LogP contribution in [0.1, 0.15) is 31.2 Å². The largest absolute Gasteiger partial charge is 0.396 e. The van der Waals surface area contributed by atoms with Crippen molar-refractivity contribution in [3.63, 3.8) is 0 Å². The Morgan fingerprint density at radius 1 is 1.44 bits per heavy atom. The van der Waals surface area contributed by atoms with Gasteiger partial charge in [-0.2, -0.15) is 0 Å². The van der Waals surface area contributed by atoms with Crippen LogP contribution < -0.4 is 5.32 Å². The average Bonchev–Trinajstić information content (AvgIpc) is 2.70. The van der Waals surface area contributed by atoms with E-state index in [9.17, 15) is 0 Å². The molecule has 2 aromatic heterocycles. The minimum Gasteiger partial charge on any atom is -0.396 e. The lowest BCUT2D eigenvalue weighted by atomic mass is 10.1. The number of aryl methyl sites for hydroxylation is 1. The van der Waals surface area contributed by atoms with E-state index in [0.29, 0.717) is 6.04 Å². The molecule has 0 saturated carbocycles. The predicted molar refractivity (Wildman–Crippen MR) is 72.6 cm³/mol. The van der Waals surface area contributed by atoms with E-state index >= 15 is 0 Å². The lowest BCUT2D eigenvalue weighted by molar-refractivity contribution is 0.261. The summed E-state index contributed by atoms with van der Waals surface area (Å²) in [5.41, 5.74) is 3.25. The number of aliphatic hydroxyl groups is 1. The molecule has 0 amide bonds. The summed E-state index contributed by atoms with van der Waals surface area (Å²) < 4.78 is 2.12. The van der Waals surface area contributed by atoms with Gasteiger partial charge in [-0.3, -0.25) is 0 Å². The van der Waals surface area contributed by atoms with Gasteiger partial charge in [0.2, 0.25) is 0 Å². The average molecular weight is 247 g/mol. The molecule has 2 aromatic rings. The van der Waals surface area contributed by atoms with Gasteiger partial charge in [-0.05, 0) is 31.9 Å². The maximum Gasteiger partial charge on any atom is 0.137 e. The van der Waals surface area contributed by atoms with Crippen LogP contribution in [0.15, 0.2) is 24.4 Å². The Labute approximate surface area is 108 Å². The predicted octanol–water partition coefficient (Wildman–Crippen LogP) is 1.89. The van der Waals surface area contributed by atoms with Gasteiger partial charge in [0.1, 0.15) is 5.65 Å². The van der Waals surface area contributed by atoms with Gasteiger partial charge >= 0.3 is 0 Å². The molecule has 4 heteroatoms. The number of imidazole rings is 1. The molecule has 0 aliphatic heterocycles. The number of pyridine rings is 1. The van der Waals surface area contributed by atoms with Crippen LogP contribution in [0.25, 0.3) is 5.65 Å². The van der Waals surface area contributed by atoms with Crippen LogP contribution in [-0.4, -0.2) is 27.1 Å². The number of hydrogen-bond donors (Lipinski definition) is 2. The molecule has 0 aromatic carbocycles. The Bertz CT molecular complexity index is 507. The summed E-state index contributed by atoms with van der Waals surface area (Å²) >= 11 is 0. The molecule has 0 saturated heterocycles. The Hall–Kier alpha value is -1.39. The first-order chi connectivity index (χ1) is 8.76. The normalized spacial score (nSPS) is 13.1. The van der Waals surface area contributed by atoms with E-state index in [1.807, 2.05) is 31.3 Å². The van der Waals surface area contributed by atoms with Gasteiger partial charge < -0.3 is 14.8 Å². The molecule has 0 fully saturated rings. The van der Waals surface area contributed by atoms with Crippen molar-refractivity contribution in [3.05, 3.63) is 35.8 Å². The molecule has 0 aliphatic carbocycles. The molecule has 4 nitrogen and oxygen atoms in total. The van der Waals surface area contributed by atoms with E-state index in [2.05, 4.69) is 21.6 Å². The molecule has 18 heavy (non-hydrogen) atoms.